The van der Waals surface area contributed by atoms with Crippen LogP contribution in [0.15, 0.2) is 24.5 Å². The summed E-state index contributed by atoms with van der Waals surface area (Å²) in [4.78, 5) is 9.00. The summed E-state index contributed by atoms with van der Waals surface area (Å²) in [6.07, 6.45) is 2.52. The molecule has 1 aliphatic heterocycles. The molecule has 118 valence electrons. The fourth-order valence-corrected chi connectivity index (χ4v) is 3.07. The minimum atomic E-state index is -0.286. The summed E-state index contributed by atoms with van der Waals surface area (Å²) in [6.45, 7) is 6.75. The third-order valence-electron chi connectivity index (χ3n) is 4.16. The Morgan fingerprint density at radius 1 is 1.30 bits per heavy atom. The van der Waals surface area contributed by atoms with Crippen LogP contribution in [0.3, 0.4) is 0 Å². The Morgan fingerprint density at radius 2 is 2.13 bits per heavy atom. The first kappa shape index (κ1) is 14.1. The Balaban J connectivity index is 1.99. The molecule has 5 nitrogen and oxygen atoms in total. The summed E-state index contributed by atoms with van der Waals surface area (Å²) in [5, 5.41) is 4.61. The van der Waals surface area contributed by atoms with Crippen molar-refractivity contribution in [2.24, 2.45) is 5.92 Å². The van der Waals surface area contributed by atoms with Crippen LogP contribution < -0.4 is 0 Å². The molecule has 4 rings (SSSR count). The minimum Gasteiger partial charge on any atom is -0.300 e. The summed E-state index contributed by atoms with van der Waals surface area (Å²) >= 11 is 0. The topological polar surface area (TPSA) is 48.5 Å². The zero-order valence-corrected chi connectivity index (χ0v) is 13.4. The van der Waals surface area contributed by atoms with Gasteiger partial charge in [-0.25, -0.2) is 19.0 Å². The van der Waals surface area contributed by atoms with Crippen LogP contribution in [0.5, 0.6) is 0 Å². The zero-order chi connectivity index (χ0) is 16.1. The number of aromatic nitrogens is 5. The normalized spacial score (nSPS) is 12.7. The maximum absolute atomic E-state index is 14.6. The van der Waals surface area contributed by atoms with Crippen molar-refractivity contribution >= 4 is 0 Å². The molecule has 23 heavy (non-hydrogen) atoms. The standard InChI is InChI=1S/C17H18FN5/c1-10(2)7-15-20-17-16-12(18)5-4-6-13(16)22-9-19-11(3)14(22)8-23(17)21-15/h4-6,9-10H,7-8H2,1-3H3. The third-order valence-corrected chi connectivity index (χ3v) is 4.16. The van der Waals surface area contributed by atoms with Gasteiger partial charge in [0.2, 0.25) is 0 Å². The molecule has 0 radical (unpaired) electrons. The Morgan fingerprint density at radius 3 is 2.91 bits per heavy atom. The van der Waals surface area contributed by atoms with E-state index in [0.29, 0.717) is 23.9 Å². The number of nitrogens with zero attached hydrogens (tertiary/aromatic N) is 5. The summed E-state index contributed by atoms with van der Waals surface area (Å²) in [5.41, 5.74) is 3.19. The first-order valence-corrected chi connectivity index (χ1v) is 7.80. The molecule has 0 saturated heterocycles. The van der Waals surface area contributed by atoms with E-state index >= 15 is 0 Å². The van der Waals surface area contributed by atoms with Gasteiger partial charge in [0.25, 0.3) is 0 Å². The SMILES string of the molecule is Cc1ncn2c1Cn1nc(CC(C)C)nc1-c1c(F)cccc1-2. The summed E-state index contributed by atoms with van der Waals surface area (Å²) in [5.74, 6) is 1.52. The van der Waals surface area contributed by atoms with Crippen LogP contribution in [0.25, 0.3) is 17.1 Å². The number of fused-ring (bicyclic) bond motifs is 5. The number of imidazole rings is 1. The molecular formula is C17H18FN5. The Labute approximate surface area is 133 Å². The molecule has 0 unspecified atom stereocenters. The van der Waals surface area contributed by atoms with Gasteiger partial charge in [0.1, 0.15) is 5.82 Å². The lowest BCUT2D eigenvalue weighted by Crippen LogP contribution is -2.06. The van der Waals surface area contributed by atoms with Crippen LogP contribution in [0.1, 0.15) is 31.1 Å². The number of benzene rings is 1. The smallest absolute Gasteiger partial charge is 0.163 e. The number of halogens is 1. The lowest BCUT2D eigenvalue weighted by Gasteiger charge is -2.09. The molecule has 1 aliphatic rings. The molecule has 3 aromatic rings. The van der Waals surface area contributed by atoms with Gasteiger partial charge in [-0.3, -0.25) is 0 Å². The van der Waals surface area contributed by atoms with E-state index in [9.17, 15) is 4.39 Å². The van der Waals surface area contributed by atoms with Gasteiger partial charge in [-0.2, -0.15) is 5.10 Å². The van der Waals surface area contributed by atoms with Crippen LogP contribution in [0.4, 0.5) is 4.39 Å². The van der Waals surface area contributed by atoms with Gasteiger partial charge in [-0.15, -0.1) is 0 Å². The molecule has 6 heteroatoms. The van der Waals surface area contributed by atoms with Crippen molar-refractivity contribution in [2.45, 2.75) is 33.7 Å². The van der Waals surface area contributed by atoms with Crippen LogP contribution in [0, 0.1) is 18.7 Å². The van der Waals surface area contributed by atoms with Gasteiger partial charge < -0.3 is 4.57 Å². The molecule has 0 fully saturated rings. The largest absolute Gasteiger partial charge is 0.300 e. The Bertz CT molecular complexity index is 891. The van der Waals surface area contributed by atoms with Crippen LogP contribution >= 0.6 is 0 Å². The highest BCUT2D eigenvalue weighted by Gasteiger charge is 2.26. The first-order chi connectivity index (χ1) is 11.0. The predicted molar refractivity (Wildman–Crippen MR) is 84.9 cm³/mol. The first-order valence-electron chi connectivity index (χ1n) is 7.80. The van der Waals surface area contributed by atoms with Crippen molar-refractivity contribution in [2.75, 3.05) is 0 Å². The van der Waals surface area contributed by atoms with Crippen molar-refractivity contribution in [1.82, 2.24) is 24.3 Å². The van der Waals surface area contributed by atoms with Crippen molar-refractivity contribution in [1.29, 1.82) is 0 Å². The molecule has 1 aromatic carbocycles. The van der Waals surface area contributed by atoms with E-state index in [1.807, 2.05) is 17.6 Å². The fraction of sp³-hybridized carbons (Fsp3) is 0.353. The second kappa shape index (κ2) is 5.01. The predicted octanol–water partition coefficient (Wildman–Crippen LogP) is 3.14. The maximum Gasteiger partial charge on any atom is 0.163 e. The highest BCUT2D eigenvalue weighted by atomic mass is 19.1. The van der Waals surface area contributed by atoms with Crippen LogP contribution in [-0.4, -0.2) is 24.3 Å². The van der Waals surface area contributed by atoms with E-state index in [-0.39, 0.29) is 5.82 Å². The van der Waals surface area contributed by atoms with E-state index in [0.717, 1.165) is 29.3 Å². The summed E-state index contributed by atoms with van der Waals surface area (Å²) in [7, 11) is 0. The van der Waals surface area contributed by atoms with Gasteiger partial charge in [0.15, 0.2) is 11.6 Å². The molecule has 2 aromatic heterocycles. The van der Waals surface area contributed by atoms with E-state index in [1.165, 1.54) is 6.07 Å². The van der Waals surface area contributed by atoms with Gasteiger partial charge in [-0.05, 0) is 25.0 Å². The van der Waals surface area contributed by atoms with Gasteiger partial charge in [-0.1, -0.05) is 19.9 Å². The molecule has 0 N–H and O–H groups in total. The summed E-state index contributed by atoms with van der Waals surface area (Å²) < 4.78 is 18.3. The highest BCUT2D eigenvalue weighted by Crippen LogP contribution is 2.33. The second-order valence-electron chi connectivity index (χ2n) is 6.39. The quantitative estimate of drug-likeness (QED) is 0.571. The van der Waals surface area contributed by atoms with Gasteiger partial charge in [0, 0.05) is 6.42 Å². The molecule has 0 atom stereocenters. The lowest BCUT2D eigenvalue weighted by atomic mass is 10.1. The highest BCUT2D eigenvalue weighted by molar-refractivity contribution is 5.70. The molecule has 0 bridgehead atoms. The maximum atomic E-state index is 14.6. The van der Waals surface area contributed by atoms with Gasteiger partial charge >= 0.3 is 0 Å². The van der Waals surface area contributed by atoms with E-state index in [4.69, 9.17) is 0 Å². The summed E-state index contributed by atoms with van der Waals surface area (Å²) in [6, 6.07) is 5.08. The second-order valence-corrected chi connectivity index (χ2v) is 6.39. The van der Waals surface area contributed by atoms with Gasteiger partial charge in [0.05, 0.1) is 35.5 Å². The molecule has 0 aliphatic carbocycles. The average molecular weight is 311 g/mol. The van der Waals surface area contributed by atoms with E-state index in [2.05, 4.69) is 28.9 Å². The Hall–Kier alpha value is -2.50. The van der Waals surface area contributed by atoms with Crippen molar-refractivity contribution in [3.8, 4) is 17.1 Å². The average Bonchev–Trinajstić information content (AvgIpc) is 3.00. The van der Waals surface area contributed by atoms with E-state index in [1.54, 1.807) is 17.1 Å². The number of hydrogen-bond donors (Lipinski definition) is 0. The van der Waals surface area contributed by atoms with E-state index < -0.39 is 0 Å². The van der Waals surface area contributed by atoms with Crippen molar-refractivity contribution < 1.29 is 4.39 Å². The van der Waals surface area contributed by atoms with Crippen LogP contribution in [0.2, 0.25) is 0 Å². The Kier molecular flexibility index (Phi) is 3.07. The fourth-order valence-electron chi connectivity index (χ4n) is 3.07. The molecule has 3 heterocycles. The van der Waals surface area contributed by atoms with Crippen molar-refractivity contribution in [3.05, 3.63) is 47.6 Å². The number of aryl methyl sites for hydroxylation is 1. The molecule has 0 spiro atoms. The third kappa shape index (κ3) is 2.17. The number of rotatable bonds is 2. The zero-order valence-electron chi connectivity index (χ0n) is 13.4. The lowest BCUT2D eigenvalue weighted by molar-refractivity contribution is 0.599. The van der Waals surface area contributed by atoms with Crippen molar-refractivity contribution in [3.63, 3.8) is 0 Å². The molecular weight excluding hydrogens is 293 g/mol. The minimum absolute atomic E-state index is 0.286. The van der Waals surface area contributed by atoms with Crippen LogP contribution in [-0.2, 0) is 13.0 Å². The monoisotopic (exact) mass is 311 g/mol. The molecule has 0 saturated carbocycles. The molecule has 0 amide bonds. The number of hydrogen-bond acceptors (Lipinski definition) is 3.